The summed E-state index contributed by atoms with van der Waals surface area (Å²) >= 11 is 0. The molecule has 1 unspecified atom stereocenters. The van der Waals surface area contributed by atoms with E-state index in [2.05, 4.69) is 0 Å². The molecule has 3 rings (SSSR count). The van der Waals surface area contributed by atoms with Crippen molar-refractivity contribution >= 4 is 11.9 Å². The number of carbonyl (C=O) groups is 2. The zero-order valence-electron chi connectivity index (χ0n) is 11.9. The Kier molecular flexibility index (Phi) is 3.04. The summed E-state index contributed by atoms with van der Waals surface area (Å²) in [7, 11) is 0. The lowest BCUT2D eigenvalue weighted by Gasteiger charge is -2.25. The normalized spacial score (nSPS) is 26.7. The lowest BCUT2D eigenvalue weighted by Crippen LogP contribution is -2.40. The molecule has 1 heterocycles. The fourth-order valence-corrected chi connectivity index (χ4v) is 3.15. The molecule has 1 aromatic rings. The number of nitrogens with zero attached hydrogens (tertiary/aromatic N) is 1. The molecule has 1 aliphatic heterocycles. The van der Waals surface area contributed by atoms with Crippen LogP contribution in [0, 0.1) is 11.2 Å². The second kappa shape index (κ2) is 4.55. The maximum atomic E-state index is 13.4. The van der Waals surface area contributed by atoms with Crippen molar-refractivity contribution in [2.75, 3.05) is 13.1 Å². The Morgan fingerprint density at radius 3 is 2.52 bits per heavy atom. The Bertz CT molecular complexity index is 611. The van der Waals surface area contributed by atoms with E-state index in [0.717, 1.165) is 0 Å². The molecule has 1 amide bonds. The minimum absolute atomic E-state index is 0.0573. The zero-order chi connectivity index (χ0) is 15.3. The molecule has 5 heteroatoms. The van der Waals surface area contributed by atoms with Gasteiger partial charge < -0.3 is 10.0 Å². The van der Waals surface area contributed by atoms with Gasteiger partial charge in [-0.25, -0.2) is 4.39 Å². The highest BCUT2D eigenvalue weighted by Gasteiger charge is 2.55. The summed E-state index contributed by atoms with van der Waals surface area (Å²) in [5, 5.41) is 9.26. The van der Waals surface area contributed by atoms with Crippen LogP contribution in [0.4, 0.5) is 4.39 Å². The zero-order valence-corrected chi connectivity index (χ0v) is 11.9. The number of halogens is 1. The number of rotatable bonds is 3. The number of hydrogen-bond donors (Lipinski definition) is 1. The van der Waals surface area contributed by atoms with Gasteiger partial charge in [-0.15, -0.1) is 0 Å². The van der Waals surface area contributed by atoms with Gasteiger partial charge >= 0.3 is 5.97 Å². The van der Waals surface area contributed by atoms with Gasteiger partial charge in [0.05, 0.1) is 10.8 Å². The number of likely N-dealkylation sites (tertiary alicyclic amines) is 1. The molecule has 1 aliphatic carbocycles. The van der Waals surface area contributed by atoms with Crippen molar-refractivity contribution in [3.63, 3.8) is 0 Å². The van der Waals surface area contributed by atoms with E-state index < -0.39 is 16.8 Å². The Hall–Kier alpha value is -1.91. The minimum atomic E-state index is -0.867. The Morgan fingerprint density at radius 1 is 1.29 bits per heavy atom. The standard InChI is InChI=1S/C16H18FNO3/c1-15(14(20)21)7-8-18(10-15)13(19)16(5-6-16)11-3-2-4-12(17)9-11/h2-4,9H,5-8,10H2,1H3,(H,20,21). The van der Waals surface area contributed by atoms with Crippen LogP contribution in [0.1, 0.15) is 31.7 Å². The number of carboxylic acid groups (broad SMARTS) is 1. The average molecular weight is 291 g/mol. The van der Waals surface area contributed by atoms with Crippen molar-refractivity contribution in [3.8, 4) is 0 Å². The monoisotopic (exact) mass is 291 g/mol. The van der Waals surface area contributed by atoms with Crippen LogP contribution >= 0.6 is 0 Å². The largest absolute Gasteiger partial charge is 0.481 e. The van der Waals surface area contributed by atoms with Crippen LogP contribution in [0.3, 0.4) is 0 Å². The molecule has 1 saturated heterocycles. The number of carboxylic acids is 1. The lowest BCUT2D eigenvalue weighted by atomic mass is 9.90. The highest BCUT2D eigenvalue weighted by molar-refractivity contribution is 5.92. The van der Waals surface area contributed by atoms with E-state index in [1.54, 1.807) is 24.0 Å². The lowest BCUT2D eigenvalue weighted by molar-refractivity contribution is -0.147. The molecule has 0 spiro atoms. The van der Waals surface area contributed by atoms with Crippen LogP contribution < -0.4 is 0 Å². The van der Waals surface area contributed by atoms with Gasteiger partial charge in [0.1, 0.15) is 5.82 Å². The van der Waals surface area contributed by atoms with Crippen LogP contribution in [0.15, 0.2) is 24.3 Å². The molecular weight excluding hydrogens is 273 g/mol. The van der Waals surface area contributed by atoms with Crippen molar-refractivity contribution in [1.29, 1.82) is 0 Å². The van der Waals surface area contributed by atoms with Gasteiger partial charge in [-0.2, -0.15) is 0 Å². The van der Waals surface area contributed by atoms with Gasteiger partial charge in [0.25, 0.3) is 0 Å². The molecule has 2 aliphatic rings. The van der Waals surface area contributed by atoms with Crippen molar-refractivity contribution in [3.05, 3.63) is 35.6 Å². The van der Waals surface area contributed by atoms with E-state index in [9.17, 15) is 19.1 Å². The second-order valence-electron chi connectivity index (χ2n) is 6.43. The van der Waals surface area contributed by atoms with E-state index in [-0.39, 0.29) is 18.3 Å². The molecule has 1 saturated carbocycles. The van der Waals surface area contributed by atoms with Crippen LogP contribution in [-0.2, 0) is 15.0 Å². The summed E-state index contributed by atoms with van der Waals surface area (Å²) in [5.74, 6) is -1.27. The minimum Gasteiger partial charge on any atom is -0.481 e. The molecule has 0 aromatic heterocycles. The summed E-state index contributed by atoms with van der Waals surface area (Å²) in [6, 6.07) is 6.17. The fourth-order valence-electron chi connectivity index (χ4n) is 3.15. The van der Waals surface area contributed by atoms with Crippen LogP contribution in [0.5, 0.6) is 0 Å². The van der Waals surface area contributed by atoms with Gasteiger partial charge in [-0.3, -0.25) is 9.59 Å². The van der Waals surface area contributed by atoms with Gasteiger partial charge in [-0.05, 0) is 43.9 Å². The van der Waals surface area contributed by atoms with Crippen molar-refractivity contribution < 1.29 is 19.1 Å². The first-order chi connectivity index (χ1) is 9.87. The Morgan fingerprint density at radius 2 is 2.00 bits per heavy atom. The van der Waals surface area contributed by atoms with Crippen molar-refractivity contribution in [2.45, 2.75) is 31.6 Å². The molecule has 21 heavy (non-hydrogen) atoms. The van der Waals surface area contributed by atoms with E-state index >= 15 is 0 Å². The summed E-state index contributed by atoms with van der Waals surface area (Å²) < 4.78 is 13.4. The summed E-state index contributed by atoms with van der Waals surface area (Å²) in [6.45, 7) is 2.36. The van der Waals surface area contributed by atoms with Crippen LogP contribution in [0.25, 0.3) is 0 Å². The second-order valence-corrected chi connectivity index (χ2v) is 6.43. The Balaban J connectivity index is 1.82. The summed E-state index contributed by atoms with van der Waals surface area (Å²) in [5.41, 5.74) is -0.795. The number of benzene rings is 1. The molecular formula is C16H18FNO3. The molecule has 0 bridgehead atoms. The van der Waals surface area contributed by atoms with Crippen molar-refractivity contribution in [1.82, 2.24) is 4.90 Å². The molecule has 1 N–H and O–H groups in total. The topological polar surface area (TPSA) is 57.6 Å². The van der Waals surface area contributed by atoms with Crippen LogP contribution in [0.2, 0.25) is 0 Å². The predicted molar refractivity (Wildman–Crippen MR) is 74.3 cm³/mol. The first kappa shape index (κ1) is 14.0. The highest BCUT2D eigenvalue weighted by atomic mass is 19.1. The van der Waals surface area contributed by atoms with Gasteiger partial charge in [0.2, 0.25) is 5.91 Å². The smallest absolute Gasteiger partial charge is 0.311 e. The average Bonchev–Trinajstić information content (AvgIpc) is 3.15. The Labute approximate surface area is 122 Å². The fraction of sp³-hybridized carbons (Fsp3) is 0.500. The molecule has 4 nitrogen and oxygen atoms in total. The van der Waals surface area contributed by atoms with Crippen molar-refractivity contribution in [2.24, 2.45) is 5.41 Å². The predicted octanol–water partition coefficient (Wildman–Crippen LogP) is 2.18. The van der Waals surface area contributed by atoms with E-state index in [4.69, 9.17) is 0 Å². The molecule has 1 atom stereocenters. The third kappa shape index (κ3) is 2.20. The van der Waals surface area contributed by atoms with Gasteiger partial charge in [-0.1, -0.05) is 12.1 Å². The first-order valence-electron chi connectivity index (χ1n) is 7.16. The number of amides is 1. The highest BCUT2D eigenvalue weighted by Crippen LogP contribution is 2.50. The van der Waals surface area contributed by atoms with E-state index in [1.807, 2.05) is 0 Å². The van der Waals surface area contributed by atoms with E-state index in [0.29, 0.717) is 31.4 Å². The van der Waals surface area contributed by atoms with Gasteiger partial charge in [0.15, 0.2) is 0 Å². The summed E-state index contributed by atoms with van der Waals surface area (Å²) in [6.07, 6.45) is 1.87. The van der Waals surface area contributed by atoms with Gasteiger partial charge in [0, 0.05) is 13.1 Å². The SMILES string of the molecule is CC1(C(=O)O)CCN(C(=O)C2(c3cccc(F)c3)CC2)C1. The van der Waals surface area contributed by atoms with E-state index in [1.165, 1.54) is 12.1 Å². The molecule has 1 aromatic carbocycles. The number of hydrogen-bond acceptors (Lipinski definition) is 2. The maximum absolute atomic E-state index is 13.4. The number of carbonyl (C=O) groups excluding carboxylic acids is 1. The summed E-state index contributed by atoms with van der Waals surface area (Å²) in [4.78, 5) is 25.7. The third-order valence-corrected chi connectivity index (χ3v) is 4.81. The quantitative estimate of drug-likeness (QED) is 0.928. The van der Waals surface area contributed by atoms with Crippen LogP contribution in [-0.4, -0.2) is 35.0 Å². The number of aliphatic carboxylic acids is 1. The molecule has 112 valence electrons. The molecule has 2 fully saturated rings. The first-order valence-corrected chi connectivity index (χ1v) is 7.16. The molecule has 0 radical (unpaired) electrons. The maximum Gasteiger partial charge on any atom is 0.311 e. The third-order valence-electron chi connectivity index (χ3n) is 4.81.